The first-order chi connectivity index (χ1) is 13.4. The Labute approximate surface area is 172 Å². The lowest BCUT2D eigenvalue weighted by Crippen LogP contribution is -2.73. The van der Waals surface area contributed by atoms with E-state index in [9.17, 15) is 0 Å². The Balaban J connectivity index is 2.10. The predicted octanol–water partition coefficient (Wildman–Crippen LogP) is 4.09. The van der Waals surface area contributed by atoms with Gasteiger partial charge >= 0.3 is 0 Å². The van der Waals surface area contributed by atoms with Crippen molar-refractivity contribution in [1.29, 1.82) is 0 Å². The van der Waals surface area contributed by atoms with Crippen LogP contribution in [0.1, 0.15) is 33.6 Å². The maximum absolute atomic E-state index is 9.01. The Morgan fingerprint density at radius 3 is 2.64 bits per heavy atom. The van der Waals surface area contributed by atoms with Crippen molar-refractivity contribution in [3.05, 3.63) is 72.0 Å². The van der Waals surface area contributed by atoms with Crippen LogP contribution in [0.4, 0.5) is 11.4 Å². The van der Waals surface area contributed by atoms with Crippen LogP contribution in [0.2, 0.25) is 0 Å². The summed E-state index contributed by atoms with van der Waals surface area (Å²) in [6.45, 7) is 10.7. The van der Waals surface area contributed by atoms with Gasteiger partial charge in [0.25, 0.3) is 0 Å². The standard InChI is InChI=1S/C22H29N3O2S/c1-5-12-22(4)13-11-17(15-27-22)14-20(16(3)6-2)24-21(28)23-18-7-9-19(25-26)10-8-18/h6-11,13-14,25-26H,2,5,12,15H2,1,3-4H3,(H2,23,24,28)/p+1/b17-14-,20-16+. The van der Waals surface area contributed by atoms with Crippen molar-refractivity contribution in [3.63, 3.8) is 0 Å². The molecule has 0 fully saturated rings. The quantitative estimate of drug-likeness (QED) is 0.240. The van der Waals surface area contributed by atoms with E-state index in [1.165, 1.54) is 0 Å². The number of quaternary nitrogens is 1. The maximum atomic E-state index is 9.01. The number of nitrogens with one attached hydrogen (secondary N) is 2. The number of hydrogen-bond acceptors (Lipinski definition) is 3. The Hall–Kier alpha value is -2.25. The topological polar surface area (TPSA) is 70.1 Å². The summed E-state index contributed by atoms with van der Waals surface area (Å²) < 4.78 is 6.05. The Morgan fingerprint density at radius 2 is 2.11 bits per heavy atom. The molecule has 1 aromatic rings. The fraction of sp³-hybridized carbons (Fsp3) is 0.318. The van der Waals surface area contributed by atoms with Crippen molar-refractivity contribution in [3.8, 4) is 0 Å². The molecule has 0 amide bonds. The second-order valence-corrected chi connectivity index (χ2v) is 7.44. The highest BCUT2D eigenvalue weighted by Gasteiger charge is 2.24. The Bertz CT molecular complexity index is 797. The van der Waals surface area contributed by atoms with Gasteiger partial charge in [0.15, 0.2) is 10.8 Å². The molecule has 1 aromatic carbocycles. The summed E-state index contributed by atoms with van der Waals surface area (Å²) in [5.41, 5.74) is 5.37. The van der Waals surface area contributed by atoms with Gasteiger partial charge in [-0.25, -0.2) is 5.21 Å². The van der Waals surface area contributed by atoms with Crippen molar-refractivity contribution in [2.24, 2.45) is 0 Å². The lowest BCUT2D eigenvalue weighted by atomic mass is 9.96. The Kier molecular flexibility index (Phi) is 8.14. The van der Waals surface area contributed by atoms with Crippen LogP contribution in [0.5, 0.6) is 0 Å². The summed E-state index contributed by atoms with van der Waals surface area (Å²) in [4.78, 5) is 0. The number of benzene rings is 1. The molecule has 0 spiro atoms. The van der Waals surface area contributed by atoms with E-state index in [0.717, 1.165) is 46.5 Å². The number of rotatable bonds is 7. The number of allylic oxidation sites excluding steroid dienone is 3. The van der Waals surface area contributed by atoms with Gasteiger partial charge in [0.2, 0.25) is 0 Å². The summed E-state index contributed by atoms with van der Waals surface area (Å²) in [5.74, 6) is 0. The third-order valence-corrected chi connectivity index (χ3v) is 4.80. The van der Waals surface area contributed by atoms with Crippen LogP contribution in [0.25, 0.3) is 0 Å². The van der Waals surface area contributed by atoms with Crippen molar-refractivity contribution < 1.29 is 15.4 Å². The molecule has 0 radical (unpaired) electrons. The van der Waals surface area contributed by atoms with Gasteiger partial charge in [-0.05, 0) is 61.8 Å². The second kappa shape index (κ2) is 10.3. The molecule has 1 atom stereocenters. The molecule has 5 nitrogen and oxygen atoms in total. The van der Waals surface area contributed by atoms with Crippen LogP contribution in [-0.2, 0) is 4.74 Å². The lowest BCUT2D eigenvalue weighted by molar-refractivity contribution is -0.825. The van der Waals surface area contributed by atoms with E-state index < -0.39 is 0 Å². The minimum Gasteiger partial charge on any atom is -0.367 e. The molecule has 28 heavy (non-hydrogen) atoms. The lowest BCUT2D eigenvalue weighted by Gasteiger charge is -2.30. The van der Waals surface area contributed by atoms with Gasteiger partial charge in [-0.1, -0.05) is 38.2 Å². The normalized spacial score (nSPS) is 21.2. The molecule has 5 N–H and O–H groups in total. The van der Waals surface area contributed by atoms with Crippen molar-refractivity contribution in [1.82, 2.24) is 5.32 Å². The molecule has 1 heterocycles. The average molecular weight is 401 g/mol. The molecule has 0 aliphatic carbocycles. The molecule has 0 bridgehead atoms. The summed E-state index contributed by atoms with van der Waals surface area (Å²) >= 11 is 5.45. The predicted molar refractivity (Wildman–Crippen MR) is 119 cm³/mol. The summed E-state index contributed by atoms with van der Waals surface area (Å²) in [6.07, 6.45) is 10.2. The van der Waals surface area contributed by atoms with E-state index in [1.807, 2.05) is 25.1 Å². The summed E-state index contributed by atoms with van der Waals surface area (Å²) in [7, 11) is 0. The fourth-order valence-corrected chi connectivity index (χ4v) is 3.08. The third kappa shape index (κ3) is 6.42. The minimum absolute atomic E-state index is 0.189. The molecular formula is C22H30N3O2S+. The molecule has 6 heteroatoms. The number of ether oxygens (including phenoxy) is 1. The van der Waals surface area contributed by atoms with E-state index in [1.54, 1.807) is 18.2 Å². The van der Waals surface area contributed by atoms with Gasteiger partial charge < -0.3 is 15.4 Å². The molecule has 150 valence electrons. The van der Waals surface area contributed by atoms with Gasteiger partial charge in [0.1, 0.15) is 0 Å². The van der Waals surface area contributed by atoms with E-state index in [-0.39, 0.29) is 5.60 Å². The largest absolute Gasteiger partial charge is 0.367 e. The van der Waals surface area contributed by atoms with Crippen molar-refractivity contribution in [2.75, 3.05) is 11.9 Å². The zero-order valence-corrected chi connectivity index (χ0v) is 17.6. The zero-order chi connectivity index (χ0) is 20.6. The number of anilines is 1. The maximum Gasteiger partial charge on any atom is 0.175 e. The van der Waals surface area contributed by atoms with Gasteiger partial charge in [0.05, 0.1) is 12.2 Å². The highest BCUT2D eigenvalue weighted by Crippen LogP contribution is 2.26. The van der Waals surface area contributed by atoms with Crippen LogP contribution in [-0.4, -0.2) is 22.5 Å². The van der Waals surface area contributed by atoms with Gasteiger partial charge in [-0.15, -0.1) is 0 Å². The number of hydrogen-bond donors (Lipinski definition) is 4. The Morgan fingerprint density at radius 1 is 1.39 bits per heavy atom. The van der Waals surface area contributed by atoms with Crippen LogP contribution in [0, 0.1) is 0 Å². The number of thiocarbonyl (C=S) groups is 1. The third-order valence-electron chi connectivity index (χ3n) is 4.59. The molecular weight excluding hydrogens is 370 g/mol. The molecule has 0 aromatic heterocycles. The van der Waals surface area contributed by atoms with E-state index >= 15 is 0 Å². The average Bonchev–Trinajstić information content (AvgIpc) is 2.69. The molecule has 1 aliphatic rings. The smallest absolute Gasteiger partial charge is 0.175 e. The molecule has 2 rings (SSSR count). The SMILES string of the molecule is C=C/C(C)=C(\C=C1\C=CC(C)(CCC)OC1)NC(=S)Nc1ccc([NH2+]O)cc1. The van der Waals surface area contributed by atoms with Crippen LogP contribution in [0.15, 0.2) is 72.0 Å². The first-order valence-corrected chi connectivity index (χ1v) is 9.82. The molecule has 1 unspecified atom stereocenters. The first-order valence-electron chi connectivity index (χ1n) is 9.41. The zero-order valence-electron chi connectivity index (χ0n) is 16.8. The summed E-state index contributed by atoms with van der Waals surface area (Å²) in [5, 5.41) is 15.9. The van der Waals surface area contributed by atoms with Crippen molar-refractivity contribution >= 4 is 28.7 Å². The van der Waals surface area contributed by atoms with Crippen molar-refractivity contribution in [2.45, 2.75) is 39.2 Å². The van der Waals surface area contributed by atoms with Gasteiger partial charge in [0, 0.05) is 23.5 Å². The second-order valence-electron chi connectivity index (χ2n) is 7.03. The highest BCUT2D eigenvalue weighted by atomic mass is 32.1. The first kappa shape index (κ1) is 22.0. The van der Waals surface area contributed by atoms with Crippen LogP contribution < -0.4 is 16.1 Å². The summed E-state index contributed by atoms with van der Waals surface area (Å²) in [6, 6.07) is 7.31. The van der Waals surface area contributed by atoms with Gasteiger partial charge in [-0.2, -0.15) is 5.48 Å². The van der Waals surface area contributed by atoms with E-state index in [2.05, 4.69) is 43.2 Å². The highest BCUT2D eigenvalue weighted by molar-refractivity contribution is 7.80. The molecule has 1 aliphatic heterocycles. The van der Waals surface area contributed by atoms with Gasteiger partial charge in [-0.3, -0.25) is 0 Å². The van der Waals surface area contributed by atoms with Crippen LogP contribution >= 0.6 is 12.2 Å². The van der Waals surface area contributed by atoms with Crippen LogP contribution in [0.3, 0.4) is 0 Å². The fourth-order valence-electron chi connectivity index (χ4n) is 2.85. The van der Waals surface area contributed by atoms with E-state index in [4.69, 9.17) is 22.2 Å². The minimum atomic E-state index is -0.189. The monoisotopic (exact) mass is 400 g/mol. The molecule has 0 saturated carbocycles. The van der Waals surface area contributed by atoms with E-state index in [0.29, 0.717) is 11.7 Å². The number of nitrogens with two attached hydrogens (primary N) is 1. The molecule has 0 saturated heterocycles.